The molecular weight excluding hydrogens is 376 g/mol. The smallest absolute Gasteiger partial charge is 0.155 e. The standard InChI is InChI=1S/C24H28N4O2/c1-17(29-13-18-7-5-4-6-8-18)30-14-19-9-10-21-20(11-19)23-22(12-26-21)27-16-28(23)15-24(2,3)25/h4-12,16-17H,13-15,25H2,1-3H3. The highest BCUT2D eigenvalue weighted by molar-refractivity contribution is 6.02. The largest absolute Gasteiger partial charge is 0.348 e. The molecule has 2 aromatic carbocycles. The number of fused-ring (bicyclic) bond motifs is 3. The third-order valence-electron chi connectivity index (χ3n) is 4.90. The minimum absolute atomic E-state index is 0.307. The number of hydrogen-bond acceptors (Lipinski definition) is 5. The van der Waals surface area contributed by atoms with Gasteiger partial charge in [-0.3, -0.25) is 4.98 Å². The van der Waals surface area contributed by atoms with E-state index in [4.69, 9.17) is 15.2 Å². The van der Waals surface area contributed by atoms with E-state index in [9.17, 15) is 0 Å². The Balaban J connectivity index is 1.50. The Morgan fingerprint density at radius 1 is 0.967 bits per heavy atom. The first-order valence-corrected chi connectivity index (χ1v) is 10.2. The van der Waals surface area contributed by atoms with Crippen molar-refractivity contribution in [3.8, 4) is 0 Å². The molecule has 0 fully saturated rings. The number of benzene rings is 2. The Morgan fingerprint density at radius 2 is 1.70 bits per heavy atom. The molecule has 0 radical (unpaired) electrons. The highest BCUT2D eigenvalue weighted by Gasteiger charge is 2.16. The van der Waals surface area contributed by atoms with E-state index in [0.717, 1.165) is 33.1 Å². The molecule has 1 atom stereocenters. The molecule has 2 heterocycles. The van der Waals surface area contributed by atoms with E-state index in [1.807, 2.05) is 75.8 Å². The highest BCUT2D eigenvalue weighted by atomic mass is 16.7. The predicted molar refractivity (Wildman–Crippen MR) is 119 cm³/mol. The van der Waals surface area contributed by atoms with Crippen LogP contribution >= 0.6 is 0 Å². The van der Waals surface area contributed by atoms with Gasteiger partial charge in [-0.15, -0.1) is 0 Å². The van der Waals surface area contributed by atoms with Gasteiger partial charge in [0.15, 0.2) is 6.29 Å². The van der Waals surface area contributed by atoms with Gasteiger partial charge in [-0.05, 0) is 44.0 Å². The second-order valence-corrected chi connectivity index (χ2v) is 8.38. The van der Waals surface area contributed by atoms with Crippen molar-refractivity contribution in [2.24, 2.45) is 5.73 Å². The van der Waals surface area contributed by atoms with Crippen LogP contribution in [0.3, 0.4) is 0 Å². The summed E-state index contributed by atoms with van der Waals surface area (Å²) in [7, 11) is 0. The molecule has 4 rings (SSSR count). The molecule has 6 nitrogen and oxygen atoms in total. The zero-order chi connectivity index (χ0) is 21.1. The molecule has 30 heavy (non-hydrogen) atoms. The quantitative estimate of drug-likeness (QED) is 0.441. The average Bonchev–Trinajstić information content (AvgIpc) is 3.13. The topological polar surface area (TPSA) is 75.2 Å². The van der Waals surface area contributed by atoms with Crippen molar-refractivity contribution in [3.63, 3.8) is 0 Å². The van der Waals surface area contributed by atoms with Gasteiger partial charge in [0, 0.05) is 17.5 Å². The van der Waals surface area contributed by atoms with E-state index in [1.165, 1.54) is 0 Å². The monoisotopic (exact) mass is 404 g/mol. The summed E-state index contributed by atoms with van der Waals surface area (Å²) in [6.07, 6.45) is 3.34. The van der Waals surface area contributed by atoms with Gasteiger partial charge in [-0.1, -0.05) is 36.4 Å². The molecule has 0 saturated heterocycles. The van der Waals surface area contributed by atoms with Crippen molar-refractivity contribution >= 4 is 21.9 Å². The number of nitrogens with two attached hydrogens (primary N) is 1. The second-order valence-electron chi connectivity index (χ2n) is 8.38. The summed E-state index contributed by atoms with van der Waals surface area (Å²) in [6, 6.07) is 16.3. The van der Waals surface area contributed by atoms with E-state index >= 15 is 0 Å². The second kappa shape index (κ2) is 8.52. The van der Waals surface area contributed by atoms with Gasteiger partial charge >= 0.3 is 0 Å². The van der Waals surface area contributed by atoms with Crippen LogP contribution in [0.15, 0.2) is 61.1 Å². The van der Waals surface area contributed by atoms with Crippen LogP contribution in [-0.4, -0.2) is 26.4 Å². The molecule has 0 aliphatic rings. The fourth-order valence-corrected chi connectivity index (χ4v) is 3.50. The van der Waals surface area contributed by atoms with E-state index in [1.54, 1.807) is 0 Å². The Kier molecular flexibility index (Phi) is 5.81. The number of rotatable bonds is 8. The molecule has 0 amide bonds. The van der Waals surface area contributed by atoms with Crippen LogP contribution in [0.2, 0.25) is 0 Å². The molecule has 0 aliphatic carbocycles. The average molecular weight is 405 g/mol. The Hall–Kier alpha value is -2.80. The highest BCUT2D eigenvalue weighted by Crippen LogP contribution is 2.25. The summed E-state index contributed by atoms with van der Waals surface area (Å²) in [5.41, 5.74) is 10.9. The lowest BCUT2D eigenvalue weighted by Crippen LogP contribution is -2.36. The minimum Gasteiger partial charge on any atom is -0.348 e. The van der Waals surface area contributed by atoms with Crippen molar-refractivity contribution in [2.75, 3.05) is 0 Å². The number of nitrogens with zero attached hydrogens (tertiary/aromatic N) is 3. The maximum Gasteiger partial charge on any atom is 0.155 e. The molecule has 0 bridgehead atoms. The summed E-state index contributed by atoms with van der Waals surface area (Å²) >= 11 is 0. The van der Waals surface area contributed by atoms with Crippen molar-refractivity contribution in [3.05, 3.63) is 72.2 Å². The Morgan fingerprint density at radius 3 is 2.43 bits per heavy atom. The fraction of sp³-hybridized carbons (Fsp3) is 0.333. The lowest BCUT2D eigenvalue weighted by Gasteiger charge is -2.20. The molecule has 0 spiro atoms. The van der Waals surface area contributed by atoms with E-state index < -0.39 is 0 Å². The molecule has 2 aromatic heterocycles. The van der Waals surface area contributed by atoms with E-state index in [0.29, 0.717) is 19.8 Å². The number of imidazole rings is 1. The van der Waals surface area contributed by atoms with Crippen molar-refractivity contribution in [1.82, 2.24) is 14.5 Å². The fourth-order valence-electron chi connectivity index (χ4n) is 3.50. The maximum absolute atomic E-state index is 6.25. The van der Waals surface area contributed by atoms with Crippen LogP contribution in [0.1, 0.15) is 31.9 Å². The normalized spacial score (nSPS) is 13.2. The lowest BCUT2D eigenvalue weighted by molar-refractivity contribution is -0.144. The number of pyridine rings is 1. The molecule has 156 valence electrons. The first kappa shape index (κ1) is 20.5. The SMILES string of the molecule is CC(OCc1ccccc1)OCc1ccc2ncc3ncn(CC(C)(C)N)c3c2c1. The van der Waals surface area contributed by atoms with E-state index in [-0.39, 0.29) is 11.8 Å². The molecule has 6 heteroatoms. The van der Waals surface area contributed by atoms with Gasteiger partial charge in [0.25, 0.3) is 0 Å². The van der Waals surface area contributed by atoms with Crippen molar-refractivity contribution in [2.45, 2.75) is 52.4 Å². The van der Waals surface area contributed by atoms with Crippen molar-refractivity contribution in [1.29, 1.82) is 0 Å². The van der Waals surface area contributed by atoms with Crippen LogP contribution in [-0.2, 0) is 29.2 Å². The van der Waals surface area contributed by atoms with E-state index in [2.05, 4.69) is 20.6 Å². The molecule has 1 unspecified atom stereocenters. The molecule has 4 aromatic rings. The number of hydrogen-bond donors (Lipinski definition) is 1. The summed E-state index contributed by atoms with van der Waals surface area (Å²) in [4.78, 5) is 9.05. The van der Waals surface area contributed by atoms with Gasteiger partial charge in [0.2, 0.25) is 0 Å². The summed E-state index contributed by atoms with van der Waals surface area (Å²) in [5, 5.41) is 1.05. The zero-order valence-corrected chi connectivity index (χ0v) is 17.7. The molecule has 2 N–H and O–H groups in total. The van der Waals surface area contributed by atoms with Crippen LogP contribution in [0.5, 0.6) is 0 Å². The minimum atomic E-state index is -0.338. The molecule has 0 aliphatic heterocycles. The Labute approximate surface area is 176 Å². The first-order chi connectivity index (χ1) is 14.4. The van der Waals surface area contributed by atoms with Crippen molar-refractivity contribution < 1.29 is 9.47 Å². The third kappa shape index (κ3) is 4.84. The van der Waals surface area contributed by atoms with Crippen LogP contribution in [0, 0.1) is 0 Å². The van der Waals surface area contributed by atoms with Gasteiger partial charge in [0.05, 0.1) is 36.8 Å². The van der Waals surface area contributed by atoms with Crippen LogP contribution < -0.4 is 5.73 Å². The summed E-state index contributed by atoms with van der Waals surface area (Å²) < 4.78 is 13.8. The zero-order valence-electron chi connectivity index (χ0n) is 17.7. The molecule has 0 saturated carbocycles. The number of aromatic nitrogens is 3. The maximum atomic E-state index is 6.25. The van der Waals surface area contributed by atoms with Crippen LogP contribution in [0.4, 0.5) is 0 Å². The molecular formula is C24H28N4O2. The van der Waals surface area contributed by atoms with Gasteiger partial charge in [0.1, 0.15) is 5.52 Å². The lowest BCUT2D eigenvalue weighted by atomic mass is 10.1. The summed E-state index contributed by atoms with van der Waals surface area (Å²) in [5.74, 6) is 0. The van der Waals surface area contributed by atoms with Gasteiger partial charge in [-0.2, -0.15) is 0 Å². The first-order valence-electron chi connectivity index (χ1n) is 10.2. The Bertz CT molecular complexity index is 1130. The predicted octanol–water partition coefficient (Wildman–Crippen LogP) is 4.40. The third-order valence-corrected chi connectivity index (χ3v) is 4.90. The number of ether oxygens (including phenoxy) is 2. The summed E-state index contributed by atoms with van der Waals surface area (Å²) in [6.45, 7) is 7.60. The van der Waals surface area contributed by atoms with Crippen LogP contribution in [0.25, 0.3) is 21.9 Å². The van der Waals surface area contributed by atoms with Gasteiger partial charge < -0.3 is 19.8 Å². The van der Waals surface area contributed by atoms with Gasteiger partial charge in [-0.25, -0.2) is 4.98 Å².